The molecular formula is C41H64N4O6. The minimum Gasteiger partial charge on any atom is -0.469 e. The number of methoxy groups -OCH3 is 2. The first kappa shape index (κ1) is 43.1. The van der Waals surface area contributed by atoms with Crippen LogP contribution < -0.4 is 21.3 Å². The van der Waals surface area contributed by atoms with E-state index in [1.165, 1.54) is 78.4 Å². The molecule has 0 radical (unpaired) electrons. The molecule has 0 aromatic heterocycles. The van der Waals surface area contributed by atoms with E-state index in [2.05, 4.69) is 30.7 Å². The van der Waals surface area contributed by atoms with Crippen LogP contribution >= 0.6 is 0 Å². The highest BCUT2D eigenvalue weighted by Gasteiger charge is 2.05. The molecule has 4 amide bonds. The highest BCUT2D eigenvalue weighted by Crippen LogP contribution is 2.17. The molecule has 4 N–H and O–H groups in total. The van der Waals surface area contributed by atoms with Gasteiger partial charge in [0.2, 0.25) is 0 Å². The van der Waals surface area contributed by atoms with Gasteiger partial charge in [-0.05, 0) is 67.5 Å². The van der Waals surface area contributed by atoms with Crippen molar-refractivity contribution in [3.05, 3.63) is 59.7 Å². The molecule has 0 saturated carbocycles. The van der Waals surface area contributed by atoms with Gasteiger partial charge in [0.25, 0.3) is 0 Å². The van der Waals surface area contributed by atoms with Crippen LogP contribution in [0.5, 0.6) is 0 Å². The molecule has 2 aromatic carbocycles. The SMILES string of the molecule is COC(=O)CCCCCCCCCCCNC(=O)Nc1ccc(Cc2ccc(NC(=O)NCCCCCCCCCCCC(=O)OC)cc2)cc1. The summed E-state index contributed by atoms with van der Waals surface area (Å²) in [5, 5.41) is 11.7. The number of nitrogens with one attached hydrogen (secondary N) is 4. The summed E-state index contributed by atoms with van der Waals surface area (Å²) in [6.07, 6.45) is 21.9. The molecule has 0 bridgehead atoms. The number of anilines is 2. The topological polar surface area (TPSA) is 135 Å². The van der Waals surface area contributed by atoms with E-state index in [1.54, 1.807) is 0 Å². The van der Waals surface area contributed by atoms with Crippen molar-refractivity contribution >= 4 is 35.4 Å². The molecule has 284 valence electrons. The molecule has 2 aromatic rings. The van der Waals surface area contributed by atoms with E-state index in [0.717, 1.165) is 80.3 Å². The van der Waals surface area contributed by atoms with Crippen LogP contribution in [0.4, 0.5) is 21.0 Å². The number of esters is 2. The largest absolute Gasteiger partial charge is 0.469 e. The summed E-state index contributed by atoms with van der Waals surface area (Å²) in [5.74, 6) is -0.239. The molecule has 2 rings (SSSR count). The monoisotopic (exact) mass is 708 g/mol. The minimum absolute atomic E-state index is 0.120. The van der Waals surface area contributed by atoms with Gasteiger partial charge >= 0.3 is 24.0 Å². The van der Waals surface area contributed by atoms with Crippen molar-refractivity contribution in [2.75, 3.05) is 37.9 Å². The lowest BCUT2D eigenvalue weighted by molar-refractivity contribution is -0.141. The van der Waals surface area contributed by atoms with E-state index >= 15 is 0 Å². The molecule has 0 atom stereocenters. The summed E-state index contributed by atoms with van der Waals surface area (Å²) in [6.45, 7) is 1.32. The Kier molecular flexibility index (Phi) is 24.2. The van der Waals surface area contributed by atoms with Crippen molar-refractivity contribution in [3.8, 4) is 0 Å². The molecular weight excluding hydrogens is 644 g/mol. The van der Waals surface area contributed by atoms with Crippen LogP contribution in [0.25, 0.3) is 0 Å². The van der Waals surface area contributed by atoms with Crippen molar-refractivity contribution in [1.29, 1.82) is 0 Å². The van der Waals surface area contributed by atoms with Crippen LogP contribution in [0, 0.1) is 0 Å². The zero-order valence-corrected chi connectivity index (χ0v) is 31.3. The molecule has 10 nitrogen and oxygen atoms in total. The summed E-state index contributed by atoms with van der Waals surface area (Å²) in [4.78, 5) is 46.8. The molecule has 0 fully saturated rings. The summed E-state index contributed by atoms with van der Waals surface area (Å²) in [5.41, 5.74) is 3.79. The summed E-state index contributed by atoms with van der Waals surface area (Å²) in [6, 6.07) is 15.4. The van der Waals surface area contributed by atoms with Gasteiger partial charge in [0.15, 0.2) is 0 Å². The number of ether oxygens (including phenoxy) is 2. The van der Waals surface area contributed by atoms with Crippen LogP contribution in [-0.2, 0) is 25.5 Å². The van der Waals surface area contributed by atoms with Gasteiger partial charge in [0.1, 0.15) is 0 Å². The zero-order chi connectivity index (χ0) is 36.8. The first-order valence-electron chi connectivity index (χ1n) is 19.3. The Morgan fingerprint density at radius 2 is 0.725 bits per heavy atom. The van der Waals surface area contributed by atoms with E-state index < -0.39 is 0 Å². The molecule has 51 heavy (non-hydrogen) atoms. The van der Waals surface area contributed by atoms with Crippen molar-refractivity contribution in [1.82, 2.24) is 10.6 Å². The normalized spacial score (nSPS) is 10.7. The number of carbonyl (C=O) groups is 4. The number of hydrogen-bond acceptors (Lipinski definition) is 6. The highest BCUT2D eigenvalue weighted by molar-refractivity contribution is 5.89. The number of carbonyl (C=O) groups excluding carboxylic acids is 4. The third-order valence-corrected chi connectivity index (χ3v) is 8.97. The maximum absolute atomic E-state index is 12.3. The van der Waals surface area contributed by atoms with Crippen molar-refractivity contribution in [3.63, 3.8) is 0 Å². The van der Waals surface area contributed by atoms with E-state index in [-0.39, 0.29) is 24.0 Å². The molecule has 0 spiro atoms. The van der Waals surface area contributed by atoms with Gasteiger partial charge in [-0.2, -0.15) is 0 Å². The predicted molar refractivity (Wildman–Crippen MR) is 206 cm³/mol. The number of amides is 4. The first-order valence-corrected chi connectivity index (χ1v) is 19.3. The van der Waals surface area contributed by atoms with Gasteiger partial charge in [-0.3, -0.25) is 9.59 Å². The van der Waals surface area contributed by atoms with Crippen molar-refractivity contribution < 1.29 is 28.7 Å². The lowest BCUT2D eigenvalue weighted by Gasteiger charge is -2.10. The second-order valence-electron chi connectivity index (χ2n) is 13.3. The van der Waals surface area contributed by atoms with Gasteiger partial charge in [-0.25, -0.2) is 9.59 Å². The Bertz CT molecular complexity index is 1140. The first-order chi connectivity index (χ1) is 24.9. The molecule has 0 aliphatic carbocycles. The average Bonchev–Trinajstić information content (AvgIpc) is 3.13. The van der Waals surface area contributed by atoms with Gasteiger partial charge in [0.05, 0.1) is 14.2 Å². The van der Waals surface area contributed by atoms with Crippen LogP contribution in [0.15, 0.2) is 48.5 Å². The maximum Gasteiger partial charge on any atom is 0.319 e. The minimum atomic E-state index is -0.185. The van der Waals surface area contributed by atoms with Crippen LogP contribution in [-0.4, -0.2) is 51.3 Å². The van der Waals surface area contributed by atoms with Crippen molar-refractivity contribution in [2.45, 2.75) is 135 Å². The van der Waals surface area contributed by atoms with Gasteiger partial charge in [-0.1, -0.05) is 114 Å². The summed E-state index contributed by atoms with van der Waals surface area (Å²) in [7, 11) is 2.87. The lowest BCUT2D eigenvalue weighted by atomic mass is 10.0. The number of unbranched alkanes of at least 4 members (excludes halogenated alkanes) is 16. The molecule has 0 unspecified atom stereocenters. The number of rotatable bonds is 28. The average molecular weight is 709 g/mol. The standard InChI is InChI=1S/C41H64N4O6/c1-50-38(46)21-17-13-9-5-3-7-11-15-19-31-42-40(48)44-36-27-23-34(24-28-36)33-35-25-29-37(30-26-35)45-41(49)43-32-20-16-12-8-4-6-10-14-18-22-39(47)51-2/h23-30H,3-22,31-33H2,1-2H3,(H2,42,44,48)(H2,43,45,49). The maximum atomic E-state index is 12.3. The van der Waals surface area contributed by atoms with E-state index in [1.807, 2.05) is 48.5 Å². The van der Waals surface area contributed by atoms with E-state index in [0.29, 0.717) is 25.9 Å². The fourth-order valence-electron chi connectivity index (χ4n) is 5.87. The fraction of sp³-hybridized carbons (Fsp3) is 0.610. The quantitative estimate of drug-likeness (QED) is 0.0514. The molecule has 0 saturated heterocycles. The third kappa shape index (κ3) is 23.1. The Morgan fingerprint density at radius 3 is 1.04 bits per heavy atom. The summed E-state index contributed by atoms with van der Waals surface area (Å²) >= 11 is 0. The molecule has 0 aliphatic rings. The Balaban J connectivity index is 1.47. The predicted octanol–water partition coefficient (Wildman–Crippen LogP) is 9.67. The van der Waals surface area contributed by atoms with E-state index in [4.69, 9.17) is 0 Å². The molecule has 0 aliphatic heterocycles. The second kappa shape index (κ2) is 28.6. The van der Waals surface area contributed by atoms with Crippen LogP contribution in [0.1, 0.15) is 140 Å². The Labute approximate surface area is 306 Å². The van der Waals surface area contributed by atoms with E-state index in [9.17, 15) is 19.2 Å². The molecule has 0 heterocycles. The van der Waals surface area contributed by atoms with Gasteiger partial charge in [-0.15, -0.1) is 0 Å². The van der Waals surface area contributed by atoms with Gasteiger partial charge in [0, 0.05) is 37.3 Å². The third-order valence-electron chi connectivity index (χ3n) is 8.97. The van der Waals surface area contributed by atoms with Crippen molar-refractivity contribution in [2.24, 2.45) is 0 Å². The fourth-order valence-corrected chi connectivity index (χ4v) is 5.87. The summed E-state index contributed by atoms with van der Waals surface area (Å²) < 4.78 is 9.32. The number of urea groups is 2. The highest BCUT2D eigenvalue weighted by atomic mass is 16.5. The number of hydrogen-bond donors (Lipinski definition) is 4. The zero-order valence-electron chi connectivity index (χ0n) is 31.3. The Morgan fingerprint density at radius 1 is 0.431 bits per heavy atom. The van der Waals surface area contributed by atoms with Gasteiger partial charge < -0.3 is 30.7 Å². The lowest BCUT2D eigenvalue weighted by Crippen LogP contribution is -2.29. The second-order valence-corrected chi connectivity index (χ2v) is 13.3. The smallest absolute Gasteiger partial charge is 0.319 e. The van der Waals surface area contributed by atoms with Crippen LogP contribution in [0.2, 0.25) is 0 Å². The van der Waals surface area contributed by atoms with Crippen LogP contribution in [0.3, 0.4) is 0 Å². The number of benzene rings is 2. The molecule has 10 heteroatoms. The Hall–Kier alpha value is -4.08.